The van der Waals surface area contributed by atoms with E-state index in [0.29, 0.717) is 30.3 Å². The van der Waals surface area contributed by atoms with Crippen molar-refractivity contribution in [3.05, 3.63) is 59.2 Å². The van der Waals surface area contributed by atoms with Crippen LogP contribution < -0.4 is 20.1 Å². The number of hydrogen-bond donors (Lipinski definition) is 2. The van der Waals surface area contributed by atoms with Crippen molar-refractivity contribution in [3.8, 4) is 11.5 Å². The van der Waals surface area contributed by atoms with Crippen molar-refractivity contribution in [1.29, 1.82) is 0 Å². The fraction of sp³-hybridized carbons (Fsp3) is 0.360. The fourth-order valence-corrected chi connectivity index (χ4v) is 3.15. The first-order valence-electron chi connectivity index (χ1n) is 11.2. The normalized spacial score (nSPS) is 13.4. The molecule has 0 bridgehead atoms. The van der Waals surface area contributed by atoms with Crippen LogP contribution in [0.15, 0.2) is 42.5 Å². The molecule has 180 valence electrons. The van der Waals surface area contributed by atoms with Crippen LogP contribution in [0.1, 0.15) is 59.9 Å². The van der Waals surface area contributed by atoms with Gasteiger partial charge in [-0.15, -0.1) is 0 Å². The second-order valence-corrected chi connectivity index (χ2v) is 7.69. The number of carbonyl (C=O) groups excluding carboxylic acids is 4. The maximum atomic E-state index is 13.2. The monoisotopic (exact) mass is 468 g/mol. The molecule has 2 aromatic carbocycles. The number of rotatable bonds is 10. The molecule has 3 amide bonds. The molecule has 0 aromatic heterocycles. The lowest BCUT2D eigenvalue weighted by molar-refractivity contribution is -0.127. The molecule has 34 heavy (non-hydrogen) atoms. The van der Waals surface area contributed by atoms with Crippen LogP contribution in [0, 0.1) is 0 Å². The summed E-state index contributed by atoms with van der Waals surface area (Å²) < 4.78 is 16.4. The molecular weight excluding hydrogens is 440 g/mol. The number of urea groups is 1. The first-order chi connectivity index (χ1) is 16.3. The van der Waals surface area contributed by atoms with Gasteiger partial charge in [0.15, 0.2) is 23.4 Å². The molecule has 9 nitrogen and oxygen atoms in total. The van der Waals surface area contributed by atoms with Gasteiger partial charge in [-0.05, 0) is 57.9 Å². The van der Waals surface area contributed by atoms with Crippen molar-refractivity contribution >= 4 is 23.7 Å². The van der Waals surface area contributed by atoms with Crippen LogP contribution in [0.4, 0.5) is 4.79 Å². The van der Waals surface area contributed by atoms with Crippen LogP contribution in [0.3, 0.4) is 0 Å². The summed E-state index contributed by atoms with van der Waals surface area (Å²) in [7, 11) is 0. The lowest BCUT2D eigenvalue weighted by Gasteiger charge is -2.15. The predicted molar refractivity (Wildman–Crippen MR) is 123 cm³/mol. The van der Waals surface area contributed by atoms with Crippen molar-refractivity contribution in [2.75, 3.05) is 13.2 Å². The lowest BCUT2D eigenvalue weighted by atomic mass is 9.98. The van der Waals surface area contributed by atoms with E-state index in [1.165, 1.54) is 19.1 Å². The van der Waals surface area contributed by atoms with E-state index in [2.05, 4.69) is 10.6 Å². The third-order valence-corrected chi connectivity index (χ3v) is 5.00. The van der Waals surface area contributed by atoms with Crippen LogP contribution in [0.5, 0.6) is 11.5 Å². The van der Waals surface area contributed by atoms with E-state index in [0.717, 1.165) is 12.8 Å². The summed E-state index contributed by atoms with van der Waals surface area (Å²) in [5.41, 5.74) is 0.411. The summed E-state index contributed by atoms with van der Waals surface area (Å²) in [4.78, 5) is 50.0. The van der Waals surface area contributed by atoms with Gasteiger partial charge in [-0.1, -0.05) is 18.2 Å². The summed E-state index contributed by atoms with van der Waals surface area (Å²) in [5.74, 6) is -1.10. The highest BCUT2D eigenvalue weighted by atomic mass is 16.5. The topological polar surface area (TPSA) is 120 Å². The van der Waals surface area contributed by atoms with Gasteiger partial charge >= 0.3 is 12.0 Å². The Balaban J connectivity index is 1.74. The number of carbonyl (C=O) groups is 4. The van der Waals surface area contributed by atoms with E-state index in [1.54, 1.807) is 30.3 Å². The largest absolute Gasteiger partial charge is 0.490 e. The molecule has 2 aromatic rings. The summed E-state index contributed by atoms with van der Waals surface area (Å²) in [6, 6.07) is 10.4. The van der Waals surface area contributed by atoms with Gasteiger partial charge in [0.1, 0.15) is 0 Å². The average molecular weight is 469 g/mol. The number of esters is 1. The summed E-state index contributed by atoms with van der Waals surface area (Å²) in [6.45, 7) is 5.85. The number of amides is 3. The fourth-order valence-electron chi connectivity index (χ4n) is 3.15. The molecule has 0 aliphatic heterocycles. The molecule has 0 radical (unpaired) electrons. The number of imide groups is 1. The van der Waals surface area contributed by atoms with E-state index in [1.807, 2.05) is 13.8 Å². The Morgan fingerprint density at radius 2 is 1.59 bits per heavy atom. The van der Waals surface area contributed by atoms with E-state index in [9.17, 15) is 19.2 Å². The van der Waals surface area contributed by atoms with Crippen molar-refractivity contribution < 1.29 is 33.4 Å². The Labute approximate surface area is 197 Å². The van der Waals surface area contributed by atoms with Crippen molar-refractivity contribution in [2.45, 2.75) is 45.8 Å². The van der Waals surface area contributed by atoms with E-state index >= 15 is 0 Å². The average Bonchev–Trinajstić information content (AvgIpc) is 3.63. The van der Waals surface area contributed by atoms with Crippen molar-refractivity contribution in [2.24, 2.45) is 0 Å². The number of ketones is 1. The number of nitrogens with one attached hydrogen (secondary N) is 2. The standard InChI is InChI=1S/C25H28N2O7/c1-4-32-20-13-10-16(14-21(20)33-5-2)22(28)18-8-6-7-9-19(18)24(30)34-15(3)23(29)27-25(31)26-17-11-12-17/h6-10,13-15,17H,4-5,11-12H2,1-3H3,(H2,26,27,29,31). The number of hydrogen-bond acceptors (Lipinski definition) is 7. The van der Waals surface area contributed by atoms with Crippen LogP contribution in [0.25, 0.3) is 0 Å². The van der Waals surface area contributed by atoms with E-state index in [4.69, 9.17) is 14.2 Å². The minimum atomic E-state index is -1.24. The smallest absolute Gasteiger partial charge is 0.339 e. The van der Waals surface area contributed by atoms with Crippen molar-refractivity contribution in [3.63, 3.8) is 0 Å². The van der Waals surface area contributed by atoms with Crippen LogP contribution in [0.2, 0.25) is 0 Å². The van der Waals surface area contributed by atoms with Gasteiger partial charge in [0.25, 0.3) is 5.91 Å². The molecule has 1 aliphatic carbocycles. The third-order valence-electron chi connectivity index (χ3n) is 5.00. The molecule has 0 spiro atoms. The Morgan fingerprint density at radius 1 is 0.941 bits per heavy atom. The quantitative estimate of drug-likeness (QED) is 0.406. The molecule has 9 heteroatoms. The summed E-state index contributed by atoms with van der Waals surface area (Å²) in [6.07, 6.45) is 0.505. The highest BCUT2D eigenvalue weighted by Crippen LogP contribution is 2.30. The molecule has 1 fully saturated rings. The Morgan fingerprint density at radius 3 is 2.24 bits per heavy atom. The second-order valence-electron chi connectivity index (χ2n) is 7.69. The lowest BCUT2D eigenvalue weighted by Crippen LogP contribution is -2.45. The summed E-state index contributed by atoms with van der Waals surface area (Å²) >= 11 is 0. The van der Waals surface area contributed by atoms with Gasteiger partial charge < -0.3 is 19.5 Å². The molecule has 1 unspecified atom stereocenters. The molecule has 1 atom stereocenters. The number of ether oxygens (including phenoxy) is 3. The Bertz CT molecular complexity index is 1080. The van der Waals surface area contributed by atoms with Gasteiger partial charge in [0.05, 0.1) is 18.8 Å². The van der Waals surface area contributed by atoms with Crippen LogP contribution in [-0.4, -0.2) is 49.1 Å². The van der Waals surface area contributed by atoms with Gasteiger partial charge in [-0.3, -0.25) is 14.9 Å². The SMILES string of the molecule is CCOc1ccc(C(=O)c2ccccc2C(=O)OC(C)C(=O)NC(=O)NC2CC2)cc1OCC. The molecule has 0 heterocycles. The predicted octanol–water partition coefficient (Wildman–Crippen LogP) is 3.25. The zero-order valence-corrected chi connectivity index (χ0v) is 19.4. The van der Waals surface area contributed by atoms with Gasteiger partial charge in [-0.25, -0.2) is 9.59 Å². The maximum Gasteiger partial charge on any atom is 0.339 e. The maximum absolute atomic E-state index is 13.2. The highest BCUT2D eigenvalue weighted by Gasteiger charge is 2.27. The van der Waals surface area contributed by atoms with Gasteiger partial charge in [0.2, 0.25) is 0 Å². The molecule has 1 saturated carbocycles. The summed E-state index contributed by atoms with van der Waals surface area (Å²) in [5, 5.41) is 4.76. The highest BCUT2D eigenvalue weighted by molar-refractivity contribution is 6.15. The Hall–Kier alpha value is -3.88. The minimum absolute atomic E-state index is 0.00132. The molecule has 0 saturated heterocycles. The van der Waals surface area contributed by atoms with Crippen LogP contribution >= 0.6 is 0 Å². The zero-order valence-electron chi connectivity index (χ0n) is 19.4. The first kappa shape index (κ1) is 24.8. The van der Waals surface area contributed by atoms with E-state index in [-0.39, 0.29) is 17.2 Å². The number of benzene rings is 2. The van der Waals surface area contributed by atoms with Gasteiger partial charge in [0, 0.05) is 17.2 Å². The molecule has 3 rings (SSSR count). The second kappa shape index (κ2) is 11.3. The Kier molecular flexibility index (Phi) is 8.24. The molecule has 2 N–H and O–H groups in total. The first-order valence-corrected chi connectivity index (χ1v) is 11.2. The third kappa shape index (κ3) is 6.34. The zero-order chi connectivity index (χ0) is 24.7. The van der Waals surface area contributed by atoms with Gasteiger partial charge in [-0.2, -0.15) is 0 Å². The van der Waals surface area contributed by atoms with E-state index < -0.39 is 29.8 Å². The van der Waals surface area contributed by atoms with Crippen LogP contribution in [-0.2, 0) is 9.53 Å². The minimum Gasteiger partial charge on any atom is -0.490 e. The molecule has 1 aliphatic rings. The van der Waals surface area contributed by atoms with Crippen molar-refractivity contribution in [1.82, 2.24) is 10.6 Å². The molecular formula is C25H28N2O7.